The van der Waals surface area contributed by atoms with Crippen molar-refractivity contribution in [3.05, 3.63) is 92.9 Å². The Hall–Kier alpha value is -3.16. The van der Waals surface area contributed by atoms with Crippen molar-refractivity contribution in [3.8, 4) is 11.5 Å². The summed E-state index contributed by atoms with van der Waals surface area (Å²) in [5.41, 5.74) is 4.41. The number of nitrogens with zero attached hydrogens (tertiary/aromatic N) is 1. The highest BCUT2D eigenvalue weighted by Crippen LogP contribution is 2.21. The van der Waals surface area contributed by atoms with Crippen LogP contribution in [0.25, 0.3) is 0 Å². The Morgan fingerprint density at radius 2 is 1.77 bits per heavy atom. The van der Waals surface area contributed by atoms with Crippen molar-refractivity contribution in [1.82, 2.24) is 5.43 Å². The molecule has 0 bridgehead atoms. The standard InChI is InChI=1S/C23H18BrClN2O4/c1-15-12-18(10-11-21(15)25)30-14-22(28)27-26-13-16-6-8-17(9-7-16)31-23(29)19-4-2-3-5-20(19)24/h2-13H,14H2,1H3,(H,27,28)/b26-13+. The second-order valence-corrected chi connectivity index (χ2v) is 7.69. The molecule has 0 spiro atoms. The van der Waals surface area contributed by atoms with Gasteiger partial charge < -0.3 is 9.47 Å². The van der Waals surface area contributed by atoms with Crippen LogP contribution in [0.5, 0.6) is 11.5 Å². The molecule has 0 aliphatic rings. The Morgan fingerprint density at radius 3 is 2.48 bits per heavy atom. The molecule has 0 saturated carbocycles. The number of ether oxygens (including phenoxy) is 2. The van der Waals surface area contributed by atoms with Crippen LogP contribution in [0.15, 0.2) is 76.3 Å². The lowest BCUT2D eigenvalue weighted by Gasteiger charge is -2.07. The number of benzene rings is 3. The number of amides is 1. The van der Waals surface area contributed by atoms with Crippen LogP contribution in [0, 0.1) is 6.92 Å². The predicted molar refractivity (Wildman–Crippen MR) is 123 cm³/mol. The van der Waals surface area contributed by atoms with Gasteiger partial charge in [0.25, 0.3) is 5.91 Å². The van der Waals surface area contributed by atoms with E-state index in [0.29, 0.717) is 26.6 Å². The van der Waals surface area contributed by atoms with Gasteiger partial charge in [0.15, 0.2) is 6.61 Å². The van der Waals surface area contributed by atoms with Gasteiger partial charge >= 0.3 is 5.97 Å². The van der Waals surface area contributed by atoms with Gasteiger partial charge in [0.1, 0.15) is 11.5 Å². The van der Waals surface area contributed by atoms with Gasteiger partial charge in [-0.2, -0.15) is 5.10 Å². The van der Waals surface area contributed by atoms with E-state index in [-0.39, 0.29) is 6.61 Å². The highest BCUT2D eigenvalue weighted by atomic mass is 79.9. The summed E-state index contributed by atoms with van der Waals surface area (Å²) in [6.07, 6.45) is 1.48. The zero-order valence-corrected chi connectivity index (χ0v) is 18.8. The average Bonchev–Trinajstić information content (AvgIpc) is 2.76. The number of halogens is 2. The maximum Gasteiger partial charge on any atom is 0.344 e. The summed E-state index contributed by atoms with van der Waals surface area (Å²) in [5.74, 6) is 0.0853. The molecule has 0 fully saturated rings. The number of carbonyl (C=O) groups is 2. The van der Waals surface area contributed by atoms with E-state index in [0.717, 1.165) is 11.1 Å². The quantitative estimate of drug-likeness (QED) is 0.210. The molecule has 0 aliphatic heterocycles. The van der Waals surface area contributed by atoms with Crippen molar-refractivity contribution in [1.29, 1.82) is 0 Å². The fourth-order valence-corrected chi connectivity index (χ4v) is 3.04. The molecule has 1 N–H and O–H groups in total. The van der Waals surface area contributed by atoms with E-state index in [1.165, 1.54) is 6.21 Å². The van der Waals surface area contributed by atoms with Crippen LogP contribution in [0.4, 0.5) is 0 Å². The smallest absolute Gasteiger partial charge is 0.344 e. The lowest BCUT2D eigenvalue weighted by Crippen LogP contribution is -2.24. The minimum Gasteiger partial charge on any atom is -0.484 e. The summed E-state index contributed by atoms with van der Waals surface area (Å²) >= 11 is 9.28. The van der Waals surface area contributed by atoms with Gasteiger partial charge in [-0.05, 0) is 88.6 Å². The van der Waals surface area contributed by atoms with Gasteiger partial charge in [-0.1, -0.05) is 23.7 Å². The number of hydrazone groups is 1. The molecular weight excluding hydrogens is 484 g/mol. The first-order chi connectivity index (χ1) is 14.9. The SMILES string of the molecule is Cc1cc(OCC(=O)N/N=C/c2ccc(OC(=O)c3ccccc3Br)cc2)ccc1Cl. The molecular formula is C23H18BrClN2O4. The Morgan fingerprint density at radius 1 is 1.06 bits per heavy atom. The lowest BCUT2D eigenvalue weighted by molar-refractivity contribution is -0.123. The van der Waals surface area contributed by atoms with E-state index in [1.54, 1.807) is 60.7 Å². The Balaban J connectivity index is 1.47. The maximum atomic E-state index is 12.2. The minimum absolute atomic E-state index is 0.178. The van der Waals surface area contributed by atoms with Crippen molar-refractivity contribution >= 4 is 45.6 Å². The normalized spacial score (nSPS) is 10.7. The van der Waals surface area contributed by atoms with Crippen molar-refractivity contribution in [3.63, 3.8) is 0 Å². The molecule has 3 rings (SSSR count). The molecule has 0 saturated heterocycles. The number of hydrogen-bond acceptors (Lipinski definition) is 5. The van der Waals surface area contributed by atoms with Crippen LogP contribution in [0.1, 0.15) is 21.5 Å². The molecule has 31 heavy (non-hydrogen) atoms. The molecule has 1 amide bonds. The van der Waals surface area contributed by atoms with Gasteiger partial charge in [0.2, 0.25) is 0 Å². The molecule has 0 heterocycles. The second-order valence-electron chi connectivity index (χ2n) is 6.43. The highest BCUT2D eigenvalue weighted by Gasteiger charge is 2.11. The summed E-state index contributed by atoms with van der Waals surface area (Å²) in [5, 5.41) is 4.53. The van der Waals surface area contributed by atoms with Gasteiger partial charge in [-0.25, -0.2) is 10.2 Å². The summed E-state index contributed by atoms with van der Waals surface area (Å²) in [4.78, 5) is 24.1. The molecule has 6 nitrogen and oxygen atoms in total. The Labute approximate surface area is 193 Å². The van der Waals surface area contributed by atoms with Crippen LogP contribution in [-0.4, -0.2) is 24.7 Å². The summed E-state index contributed by atoms with van der Waals surface area (Å²) in [7, 11) is 0. The monoisotopic (exact) mass is 500 g/mol. The van der Waals surface area contributed by atoms with Crippen molar-refractivity contribution in [2.45, 2.75) is 6.92 Å². The zero-order valence-electron chi connectivity index (χ0n) is 16.5. The highest BCUT2D eigenvalue weighted by molar-refractivity contribution is 9.10. The van der Waals surface area contributed by atoms with Gasteiger partial charge in [-0.3, -0.25) is 4.79 Å². The van der Waals surface area contributed by atoms with Crippen molar-refractivity contribution in [2.24, 2.45) is 5.10 Å². The third-order valence-corrected chi connectivity index (χ3v) is 5.20. The van der Waals surface area contributed by atoms with Crippen molar-refractivity contribution in [2.75, 3.05) is 6.61 Å². The number of rotatable bonds is 7. The third kappa shape index (κ3) is 6.67. The largest absolute Gasteiger partial charge is 0.484 e. The van der Waals surface area contributed by atoms with E-state index in [4.69, 9.17) is 21.1 Å². The fourth-order valence-electron chi connectivity index (χ4n) is 2.48. The van der Waals surface area contributed by atoms with E-state index in [9.17, 15) is 9.59 Å². The second kappa shape index (κ2) is 10.7. The number of esters is 1. The number of aryl methyl sites for hydroxylation is 1. The summed E-state index contributed by atoms with van der Waals surface area (Å²) < 4.78 is 11.4. The molecule has 158 valence electrons. The first kappa shape index (κ1) is 22.5. The number of carbonyl (C=O) groups excluding carboxylic acids is 2. The third-order valence-electron chi connectivity index (χ3n) is 4.09. The zero-order chi connectivity index (χ0) is 22.2. The first-order valence-corrected chi connectivity index (χ1v) is 10.4. The summed E-state index contributed by atoms with van der Waals surface area (Å²) in [6, 6.07) is 18.9. The van der Waals surface area contributed by atoms with Crippen LogP contribution >= 0.6 is 27.5 Å². The number of hydrogen-bond donors (Lipinski definition) is 1. The first-order valence-electron chi connectivity index (χ1n) is 9.20. The molecule has 0 unspecified atom stereocenters. The molecule has 8 heteroatoms. The molecule has 3 aromatic rings. The topological polar surface area (TPSA) is 77.0 Å². The van der Waals surface area contributed by atoms with E-state index in [2.05, 4.69) is 26.5 Å². The fraction of sp³-hybridized carbons (Fsp3) is 0.0870. The van der Waals surface area contributed by atoms with E-state index in [1.807, 2.05) is 13.0 Å². The van der Waals surface area contributed by atoms with Crippen LogP contribution < -0.4 is 14.9 Å². The average molecular weight is 502 g/mol. The molecule has 0 aromatic heterocycles. The van der Waals surface area contributed by atoms with Crippen LogP contribution in [0.3, 0.4) is 0 Å². The van der Waals surface area contributed by atoms with Gasteiger partial charge in [-0.15, -0.1) is 0 Å². The van der Waals surface area contributed by atoms with Crippen LogP contribution in [0.2, 0.25) is 5.02 Å². The lowest BCUT2D eigenvalue weighted by atomic mass is 10.2. The number of nitrogens with one attached hydrogen (secondary N) is 1. The van der Waals surface area contributed by atoms with E-state index >= 15 is 0 Å². The Kier molecular flexibility index (Phi) is 7.81. The Bertz CT molecular complexity index is 1120. The molecule has 0 aliphatic carbocycles. The van der Waals surface area contributed by atoms with Crippen molar-refractivity contribution < 1.29 is 19.1 Å². The molecule has 0 atom stereocenters. The van der Waals surface area contributed by atoms with Gasteiger partial charge in [0.05, 0.1) is 11.8 Å². The molecule has 3 aromatic carbocycles. The predicted octanol–water partition coefficient (Wildman–Crippen LogP) is 5.16. The van der Waals surface area contributed by atoms with Gasteiger partial charge in [0, 0.05) is 9.50 Å². The summed E-state index contributed by atoms with van der Waals surface area (Å²) in [6.45, 7) is 1.68. The van der Waals surface area contributed by atoms with E-state index < -0.39 is 11.9 Å². The molecule has 0 radical (unpaired) electrons. The maximum absolute atomic E-state index is 12.2. The minimum atomic E-state index is -0.461. The van der Waals surface area contributed by atoms with Crippen LogP contribution in [-0.2, 0) is 4.79 Å².